The van der Waals surface area contributed by atoms with Crippen molar-refractivity contribution in [3.8, 4) is 0 Å². The molecule has 1 heterocycles. The van der Waals surface area contributed by atoms with Crippen molar-refractivity contribution in [3.05, 3.63) is 36.7 Å². The molecule has 0 radical (unpaired) electrons. The van der Waals surface area contributed by atoms with E-state index in [1.54, 1.807) is 6.33 Å². The molecular weight excluding hydrogens is 238 g/mol. The van der Waals surface area contributed by atoms with Crippen LogP contribution in [-0.4, -0.2) is 23.1 Å². The lowest BCUT2D eigenvalue weighted by Crippen LogP contribution is -2.11. The molecule has 0 aliphatic carbocycles. The minimum Gasteiger partial charge on any atom is -0.388 e. The zero-order valence-corrected chi connectivity index (χ0v) is 11.4. The van der Waals surface area contributed by atoms with Crippen LogP contribution in [0.4, 0.5) is 23.0 Å². The van der Waals surface area contributed by atoms with Gasteiger partial charge in [-0.05, 0) is 38.1 Å². The summed E-state index contributed by atoms with van der Waals surface area (Å²) in [6.45, 7) is 4.15. The standard InChI is InChI=1S/C14H19N5/c1-10(2)18-13-8-14(17-9-16-13)19-12-6-4-11(15-3)5-7-12/h4-10,15H,1-3H3,(H2,16,17,18,19). The summed E-state index contributed by atoms with van der Waals surface area (Å²) in [4.78, 5) is 8.38. The van der Waals surface area contributed by atoms with Crippen molar-refractivity contribution in [2.75, 3.05) is 23.0 Å². The van der Waals surface area contributed by atoms with Gasteiger partial charge in [0.15, 0.2) is 0 Å². The molecule has 2 rings (SSSR count). The van der Waals surface area contributed by atoms with Crippen LogP contribution in [0.15, 0.2) is 36.7 Å². The molecule has 0 bridgehead atoms. The Morgan fingerprint density at radius 3 is 2.21 bits per heavy atom. The van der Waals surface area contributed by atoms with Gasteiger partial charge in [-0.3, -0.25) is 0 Å². The predicted octanol–water partition coefficient (Wildman–Crippen LogP) is 3.08. The van der Waals surface area contributed by atoms with Gasteiger partial charge >= 0.3 is 0 Å². The van der Waals surface area contributed by atoms with E-state index in [-0.39, 0.29) is 0 Å². The third-order valence-corrected chi connectivity index (χ3v) is 2.55. The fraction of sp³-hybridized carbons (Fsp3) is 0.286. The van der Waals surface area contributed by atoms with Crippen molar-refractivity contribution in [3.63, 3.8) is 0 Å². The number of hydrogen-bond donors (Lipinski definition) is 3. The largest absolute Gasteiger partial charge is 0.388 e. The highest BCUT2D eigenvalue weighted by molar-refractivity contribution is 5.61. The summed E-state index contributed by atoms with van der Waals surface area (Å²) in [7, 11) is 1.90. The number of anilines is 4. The van der Waals surface area contributed by atoms with E-state index in [2.05, 4.69) is 39.8 Å². The molecule has 0 unspecified atom stereocenters. The highest BCUT2D eigenvalue weighted by atomic mass is 15.1. The van der Waals surface area contributed by atoms with Crippen molar-refractivity contribution >= 4 is 23.0 Å². The second kappa shape index (κ2) is 6.04. The molecule has 0 spiro atoms. The number of nitrogens with zero attached hydrogens (tertiary/aromatic N) is 2. The maximum Gasteiger partial charge on any atom is 0.135 e. The monoisotopic (exact) mass is 257 g/mol. The topological polar surface area (TPSA) is 61.9 Å². The van der Waals surface area contributed by atoms with Gasteiger partial charge in [-0.25, -0.2) is 9.97 Å². The number of rotatable bonds is 5. The average molecular weight is 257 g/mol. The van der Waals surface area contributed by atoms with Gasteiger partial charge in [0.2, 0.25) is 0 Å². The molecule has 0 fully saturated rings. The second-order valence-corrected chi connectivity index (χ2v) is 4.54. The smallest absolute Gasteiger partial charge is 0.135 e. The normalized spacial score (nSPS) is 10.3. The zero-order valence-electron chi connectivity index (χ0n) is 11.4. The lowest BCUT2D eigenvalue weighted by atomic mass is 10.3. The van der Waals surface area contributed by atoms with Crippen molar-refractivity contribution < 1.29 is 0 Å². The zero-order chi connectivity index (χ0) is 13.7. The SMILES string of the molecule is CNc1ccc(Nc2cc(NC(C)C)ncn2)cc1. The quantitative estimate of drug-likeness (QED) is 0.768. The van der Waals surface area contributed by atoms with Gasteiger partial charge in [0.05, 0.1) is 0 Å². The number of benzene rings is 1. The van der Waals surface area contributed by atoms with Gasteiger partial charge < -0.3 is 16.0 Å². The van der Waals surface area contributed by atoms with Gasteiger partial charge in [-0.2, -0.15) is 0 Å². The van der Waals surface area contributed by atoms with E-state index in [4.69, 9.17) is 0 Å². The van der Waals surface area contributed by atoms with Crippen LogP contribution in [0.3, 0.4) is 0 Å². The fourth-order valence-corrected chi connectivity index (χ4v) is 1.67. The summed E-state index contributed by atoms with van der Waals surface area (Å²) in [5, 5.41) is 9.58. The highest BCUT2D eigenvalue weighted by Gasteiger charge is 2.01. The predicted molar refractivity (Wildman–Crippen MR) is 80.1 cm³/mol. The van der Waals surface area contributed by atoms with E-state index in [0.29, 0.717) is 6.04 Å². The fourth-order valence-electron chi connectivity index (χ4n) is 1.67. The van der Waals surface area contributed by atoms with E-state index in [9.17, 15) is 0 Å². The molecule has 0 aliphatic rings. The Hall–Kier alpha value is -2.30. The second-order valence-electron chi connectivity index (χ2n) is 4.54. The molecule has 2 aromatic rings. The Bertz CT molecular complexity index is 522. The van der Waals surface area contributed by atoms with Crippen molar-refractivity contribution in [2.45, 2.75) is 19.9 Å². The van der Waals surface area contributed by atoms with Gasteiger partial charge in [0.25, 0.3) is 0 Å². The Morgan fingerprint density at radius 2 is 1.58 bits per heavy atom. The van der Waals surface area contributed by atoms with Crippen LogP contribution in [0.25, 0.3) is 0 Å². The summed E-state index contributed by atoms with van der Waals surface area (Å²) in [5.74, 6) is 1.59. The molecule has 1 aromatic carbocycles. The van der Waals surface area contributed by atoms with Crippen LogP contribution in [0, 0.1) is 0 Å². The van der Waals surface area contributed by atoms with Crippen molar-refractivity contribution in [1.82, 2.24) is 9.97 Å². The first kappa shape index (κ1) is 13.1. The summed E-state index contributed by atoms with van der Waals surface area (Å²) < 4.78 is 0. The van der Waals surface area contributed by atoms with E-state index in [0.717, 1.165) is 23.0 Å². The highest BCUT2D eigenvalue weighted by Crippen LogP contribution is 2.18. The van der Waals surface area contributed by atoms with Crippen LogP contribution in [-0.2, 0) is 0 Å². The summed E-state index contributed by atoms with van der Waals surface area (Å²) in [5.41, 5.74) is 2.07. The van der Waals surface area contributed by atoms with E-state index < -0.39 is 0 Å². The van der Waals surface area contributed by atoms with Crippen LogP contribution < -0.4 is 16.0 Å². The number of nitrogens with one attached hydrogen (secondary N) is 3. The molecule has 19 heavy (non-hydrogen) atoms. The lowest BCUT2D eigenvalue weighted by Gasteiger charge is -2.11. The van der Waals surface area contributed by atoms with Gasteiger partial charge in [0.1, 0.15) is 18.0 Å². The Morgan fingerprint density at radius 1 is 0.947 bits per heavy atom. The molecule has 0 saturated carbocycles. The molecule has 0 atom stereocenters. The summed E-state index contributed by atoms with van der Waals surface area (Å²) in [6, 6.07) is 10.3. The Kier molecular flexibility index (Phi) is 4.18. The molecule has 0 amide bonds. The molecular formula is C14H19N5. The average Bonchev–Trinajstić information content (AvgIpc) is 2.39. The molecule has 1 aromatic heterocycles. The lowest BCUT2D eigenvalue weighted by molar-refractivity contribution is 0.886. The van der Waals surface area contributed by atoms with E-state index >= 15 is 0 Å². The van der Waals surface area contributed by atoms with Crippen LogP contribution in [0.5, 0.6) is 0 Å². The molecule has 0 aliphatic heterocycles. The minimum atomic E-state index is 0.345. The maximum absolute atomic E-state index is 4.21. The van der Waals surface area contributed by atoms with Gasteiger partial charge in [0, 0.05) is 30.5 Å². The third kappa shape index (κ3) is 3.84. The van der Waals surface area contributed by atoms with E-state index in [1.807, 2.05) is 37.4 Å². The first-order valence-corrected chi connectivity index (χ1v) is 6.31. The molecule has 100 valence electrons. The van der Waals surface area contributed by atoms with Gasteiger partial charge in [-0.15, -0.1) is 0 Å². The number of aromatic nitrogens is 2. The molecule has 5 nitrogen and oxygen atoms in total. The minimum absolute atomic E-state index is 0.345. The van der Waals surface area contributed by atoms with Crippen LogP contribution >= 0.6 is 0 Å². The molecule has 3 N–H and O–H groups in total. The number of hydrogen-bond acceptors (Lipinski definition) is 5. The maximum atomic E-state index is 4.21. The Balaban J connectivity index is 2.09. The molecule has 5 heteroatoms. The first-order chi connectivity index (χ1) is 9.17. The molecule has 0 saturated heterocycles. The van der Waals surface area contributed by atoms with Crippen LogP contribution in [0.2, 0.25) is 0 Å². The summed E-state index contributed by atoms with van der Waals surface area (Å²) >= 11 is 0. The van der Waals surface area contributed by atoms with E-state index in [1.165, 1.54) is 0 Å². The van der Waals surface area contributed by atoms with Crippen LogP contribution in [0.1, 0.15) is 13.8 Å². The first-order valence-electron chi connectivity index (χ1n) is 6.31. The van der Waals surface area contributed by atoms with Crippen molar-refractivity contribution in [2.24, 2.45) is 0 Å². The van der Waals surface area contributed by atoms with Crippen molar-refractivity contribution in [1.29, 1.82) is 0 Å². The third-order valence-electron chi connectivity index (χ3n) is 2.55. The summed E-state index contributed by atoms with van der Waals surface area (Å²) in [6.07, 6.45) is 1.55. The Labute approximate surface area is 113 Å². The van der Waals surface area contributed by atoms with Gasteiger partial charge in [-0.1, -0.05) is 0 Å².